The maximum atomic E-state index is 13.3. The molecule has 1 fully saturated rings. The molecule has 2 nitrogen and oxygen atoms in total. The summed E-state index contributed by atoms with van der Waals surface area (Å²) in [6.45, 7) is 3.95. The van der Waals surface area contributed by atoms with Crippen molar-refractivity contribution in [2.24, 2.45) is 0 Å². The van der Waals surface area contributed by atoms with E-state index in [-0.39, 0.29) is 12.4 Å². The first-order valence-corrected chi connectivity index (χ1v) is 8.56. The van der Waals surface area contributed by atoms with Crippen LogP contribution in [-0.2, 0) is 6.61 Å². The number of fused-ring (bicyclic) bond motifs is 1. The summed E-state index contributed by atoms with van der Waals surface area (Å²) < 4.78 is 13.3. The average molecular weight is 323 g/mol. The molecule has 1 heterocycles. The Morgan fingerprint density at radius 2 is 1.71 bits per heavy atom. The van der Waals surface area contributed by atoms with Crippen molar-refractivity contribution in [3.8, 4) is 11.1 Å². The van der Waals surface area contributed by atoms with Gasteiger partial charge in [0, 0.05) is 16.9 Å². The third kappa shape index (κ3) is 3.04. The fraction of sp³-hybridized carbons (Fsp3) is 0.286. The van der Waals surface area contributed by atoms with Crippen LogP contribution in [-0.4, -0.2) is 10.1 Å². The van der Waals surface area contributed by atoms with Gasteiger partial charge in [-0.1, -0.05) is 44.2 Å². The Bertz CT molecular complexity index is 838. The van der Waals surface area contributed by atoms with Crippen molar-refractivity contribution in [2.45, 2.75) is 39.2 Å². The van der Waals surface area contributed by atoms with Gasteiger partial charge in [0.05, 0.1) is 17.8 Å². The molecular formula is C21H22FNO. The molecule has 0 bridgehead atoms. The number of rotatable bonds is 3. The molecule has 0 unspecified atom stereocenters. The number of nitrogens with zero attached hydrogens (tertiary/aromatic N) is 1. The van der Waals surface area contributed by atoms with Crippen LogP contribution in [0.3, 0.4) is 0 Å². The van der Waals surface area contributed by atoms with Crippen LogP contribution in [0.1, 0.15) is 43.9 Å². The van der Waals surface area contributed by atoms with E-state index in [2.05, 4.69) is 0 Å². The van der Waals surface area contributed by atoms with E-state index in [1.807, 2.05) is 38.1 Å². The van der Waals surface area contributed by atoms with Crippen LogP contribution in [0.4, 0.5) is 4.39 Å². The quantitative estimate of drug-likeness (QED) is 0.696. The monoisotopic (exact) mass is 323 g/mol. The molecule has 1 saturated carbocycles. The third-order valence-corrected chi connectivity index (χ3v) is 4.28. The average Bonchev–Trinajstić information content (AvgIpc) is 3.47. The van der Waals surface area contributed by atoms with Crippen molar-refractivity contribution < 1.29 is 9.50 Å². The van der Waals surface area contributed by atoms with E-state index >= 15 is 0 Å². The second kappa shape index (κ2) is 7.10. The zero-order valence-electron chi connectivity index (χ0n) is 14.1. The summed E-state index contributed by atoms with van der Waals surface area (Å²) >= 11 is 0. The van der Waals surface area contributed by atoms with Crippen molar-refractivity contribution in [1.29, 1.82) is 0 Å². The summed E-state index contributed by atoms with van der Waals surface area (Å²) in [5, 5.41) is 10.9. The van der Waals surface area contributed by atoms with E-state index in [1.165, 1.54) is 12.1 Å². The molecule has 124 valence electrons. The lowest BCUT2D eigenvalue weighted by Crippen LogP contribution is -2.01. The molecule has 0 saturated heterocycles. The smallest absolute Gasteiger partial charge is 0.123 e. The number of aromatic nitrogens is 1. The fourth-order valence-electron chi connectivity index (χ4n) is 3.07. The van der Waals surface area contributed by atoms with Gasteiger partial charge in [0.1, 0.15) is 5.82 Å². The SMILES string of the molecule is CC.OCc1c(C2CC2)nc2ccccc2c1-c1ccc(F)cc1. The zero-order chi connectivity index (χ0) is 17.1. The minimum Gasteiger partial charge on any atom is -0.392 e. The number of pyridine rings is 1. The fourth-order valence-corrected chi connectivity index (χ4v) is 3.07. The van der Waals surface area contributed by atoms with E-state index in [0.717, 1.165) is 46.1 Å². The Balaban J connectivity index is 0.000000815. The molecule has 0 radical (unpaired) electrons. The Kier molecular flexibility index (Phi) is 4.91. The molecule has 3 heteroatoms. The van der Waals surface area contributed by atoms with Gasteiger partial charge in [-0.05, 0) is 42.2 Å². The van der Waals surface area contributed by atoms with Crippen LogP contribution in [0.25, 0.3) is 22.0 Å². The zero-order valence-corrected chi connectivity index (χ0v) is 14.1. The summed E-state index contributed by atoms with van der Waals surface area (Å²) in [5.41, 5.74) is 4.72. The van der Waals surface area contributed by atoms with Gasteiger partial charge in [-0.15, -0.1) is 0 Å². The van der Waals surface area contributed by atoms with Crippen LogP contribution in [0.2, 0.25) is 0 Å². The Labute approximate surface area is 142 Å². The number of aliphatic hydroxyl groups excluding tert-OH is 1. The first kappa shape index (κ1) is 16.6. The molecule has 0 spiro atoms. The first-order chi connectivity index (χ1) is 11.8. The number of aliphatic hydroxyl groups is 1. The maximum Gasteiger partial charge on any atom is 0.123 e. The van der Waals surface area contributed by atoms with Crippen molar-refractivity contribution >= 4 is 10.9 Å². The van der Waals surface area contributed by atoms with Crippen LogP contribution in [0.5, 0.6) is 0 Å². The van der Waals surface area contributed by atoms with Gasteiger partial charge in [0.2, 0.25) is 0 Å². The molecule has 0 atom stereocenters. The molecule has 1 aliphatic carbocycles. The molecule has 3 aromatic rings. The van der Waals surface area contributed by atoms with Gasteiger partial charge < -0.3 is 5.11 Å². The topological polar surface area (TPSA) is 33.1 Å². The van der Waals surface area contributed by atoms with E-state index in [4.69, 9.17) is 4.98 Å². The number of hydrogen-bond acceptors (Lipinski definition) is 2. The number of hydrogen-bond donors (Lipinski definition) is 1. The molecule has 0 aliphatic heterocycles. The van der Waals surface area contributed by atoms with Crippen LogP contribution < -0.4 is 0 Å². The maximum absolute atomic E-state index is 13.3. The van der Waals surface area contributed by atoms with Gasteiger partial charge in [-0.2, -0.15) is 0 Å². The van der Waals surface area contributed by atoms with Crippen LogP contribution in [0.15, 0.2) is 48.5 Å². The predicted molar refractivity (Wildman–Crippen MR) is 96.4 cm³/mol. The largest absolute Gasteiger partial charge is 0.392 e. The van der Waals surface area contributed by atoms with Crippen molar-refractivity contribution in [3.05, 3.63) is 65.6 Å². The minimum atomic E-state index is -0.255. The first-order valence-electron chi connectivity index (χ1n) is 8.56. The number of para-hydroxylation sites is 1. The van der Waals surface area contributed by atoms with Gasteiger partial charge >= 0.3 is 0 Å². The second-order valence-corrected chi connectivity index (χ2v) is 5.81. The molecular weight excluding hydrogens is 301 g/mol. The van der Waals surface area contributed by atoms with E-state index in [1.54, 1.807) is 12.1 Å². The standard InChI is InChI=1S/C19H16FNO.C2H6/c20-14-9-7-12(8-10-14)18-15-3-1-2-4-17(15)21-19(13-5-6-13)16(18)11-22;1-2/h1-4,7-10,13,22H,5-6,11H2;1-2H3. The predicted octanol–water partition coefficient (Wildman–Crippen LogP) is 5.44. The lowest BCUT2D eigenvalue weighted by Gasteiger charge is -2.16. The second-order valence-electron chi connectivity index (χ2n) is 5.81. The summed E-state index contributed by atoms with van der Waals surface area (Å²) in [4.78, 5) is 4.78. The van der Waals surface area contributed by atoms with Gasteiger partial charge in [0.25, 0.3) is 0 Å². The van der Waals surface area contributed by atoms with E-state index in [0.29, 0.717) is 5.92 Å². The normalized spacial score (nSPS) is 13.5. The van der Waals surface area contributed by atoms with Crippen LogP contribution >= 0.6 is 0 Å². The lowest BCUT2D eigenvalue weighted by atomic mass is 9.93. The minimum absolute atomic E-state index is 0.0453. The third-order valence-electron chi connectivity index (χ3n) is 4.28. The Morgan fingerprint density at radius 3 is 2.33 bits per heavy atom. The van der Waals surface area contributed by atoms with Crippen LogP contribution in [0, 0.1) is 5.82 Å². The number of halogens is 1. The van der Waals surface area contributed by atoms with Gasteiger partial charge in [-0.3, -0.25) is 4.98 Å². The molecule has 0 amide bonds. The molecule has 2 aromatic carbocycles. The Hall–Kier alpha value is -2.26. The highest BCUT2D eigenvalue weighted by Gasteiger charge is 2.29. The highest BCUT2D eigenvalue weighted by atomic mass is 19.1. The highest BCUT2D eigenvalue weighted by Crippen LogP contribution is 2.44. The summed E-state index contributed by atoms with van der Waals surface area (Å²) in [6, 6.07) is 14.4. The number of benzene rings is 2. The molecule has 1 aliphatic rings. The Morgan fingerprint density at radius 1 is 1.04 bits per heavy atom. The van der Waals surface area contributed by atoms with Crippen molar-refractivity contribution in [3.63, 3.8) is 0 Å². The highest BCUT2D eigenvalue weighted by molar-refractivity contribution is 5.96. The van der Waals surface area contributed by atoms with E-state index < -0.39 is 0 Å². The van der Waals surface area contributed by atoms with Gasteiger partial charge in [-0.25, -0.2) is 4.39 Å². The van der Waals surface area contributed by atoms with Crippen molar-refractivity contribution in [2.75, 3.05) is 0 Å². The van der Waals surface area contributed by atoms with E-state index in [9.17, 15) is 9.50 Å². The summed E-state index contributed by atoms with van der Waals surface area (Å²) in [5.74, 6) is 0.195. The van der Waals surface area contributed by atoms with Gasteiger partial charge in [0.15, 0.2) is 0 Å². The molecule has 1 aromatic heterocycles. The summed E-state index contributed by atoms with van der Waals surface area (Å²) in [6.07, 6.45) is 2.25. The molecule has 24 heavy (non-hydrogen) atoms. The summed E-state index contributed by atoms with van der Waals surface area (Å²) in [7, 11) is 0. The lowest BCUT2D eigenvalue weighted by molar-refractivity contribution is 0.280. The molecule has 4 rings (SSSR count). The van der Waals surface area contributed by atoms with Crippen molar-refractivity contribution in [1.82, 2.24) is 4.98 Å². The molecule has 1 N–H and O–H groups in total.